The first kappa shape index (κ1) is 16.5. The third-order valence-corrected chi connectivity index (χ3v) is 3.80. The van der Waals surface area contributed by atoms with Gasteiger partial charge >= 0.3 is 0 Å². The van der Waals surface area contributed by atoms with Crippen molar-refractivity contribution in [1.29, 1.82) is 5.26 Å². The summed E-state index contributed by atoms with van der Waals surface area (Å²) in [6.45, 7) is 0. The molecule has 3 rings (SSSR count). The van der Waals surface area contributed by atoms with E-state index in [1.807, 2.05) is 12.1 Å². The molecule has 0 unspecified atom stereocenters. The summed E-state index contributed by atoms with van der Waals surface area (Å²) in [5.74, 6) is 1.17. The van der Waals surface area contributed by atoms with Gasteiger partial charge in [-0.15, -0.1) is 0 Å². The second-order valence-corrected chi connectivity index (χ2v) is 5.62. The van der Waals surface area contributed by atoms with E-state index in [9.17, 15) is 15.4 Å². The number of rotatable bonds is 4. The minimum absolute atomic E-state index is 0.0240. The zero-order valence-electron chi connectivity index (χ0n) is 12.8. The molecular formula is C19H11ClN2O3. The first-order chi connectivity index (χ1) is 12.1. The molecule has 6 heteroatoms. The molecule has 0 aliphatic rings. The molecule has 0 aliphatic carbocycles. The van der Waals surface area contributed by atoms with E-state index in [1.165, 1.54) is 24.3 Å². The normalized spacial score (nSPS) is 11.1. The highest BCUT2D eigenvalue weighted by Crippen LogP contribution is 2.26. The van der Waals surface area contributed by atoms with E-state index >= 15 is 0 Å². The largest absolute Gasteiger partial charge is 0.457 e. The smallest absolute Gasteiger partial charge is 0.269 e. The molecule has 3 aromatic rings. The highest BCUT2D eigenvalue weighted by atomic mass is 35.5. The predicted molar refractivity (Wildman–Crippen MR) is 95.7 cm³/mol. The third kappa shape index (κ3) is 3.77. The molecule has 0 spiro atoms. The highest BCUT2D eigenvalue weighted by Gasteiger charge is 2.09. The molecule has 25 heavy (non-hydrogen) atoms. The second kappa shape index (κ2) is 7.04. The lowest BCUT2D eigenvalue weighted by Gasteiger charge is -1.99. The molecule has 0 fully saturated rings. The van der Waals surface area contributed by atoms with Crippen LogP contribution in [0.2, 0.25) is 5.02 Å². The fourth-order valence-corrected chi connectivity index (χ4v) is 2.41. The average molecular weight is 351 g/mol. The van der Waals surface area contributed by atoms with E-state index in [0.717, 1.165) is 5.56 Å². The van der Waals surface area contributed by atoms with Crippen LogP contribution in [0.4, 0.5) is 5.69 Å². The van der Waals surface area contributed by atoms with Gasteiger partial charge in [0, 0.05) is 22.7 Å². The zero-order chi connectivity index (χ0) is 17.8. The first-order valence-electron chi connectivity index (χ1n) is 7.29. The fraction of sp³-hybridized carbons (Fsp3) is 0. The number of furan rings is 1. The summed E-state index contributed by atoms with van der Waals surface area (Å²) in [5, 5.41) is 20.7. The average Bonchev–Trinajstić information content (AvgIpc) is 3.09. The molecular weight excluding hydrogens is 340 g/mol. The minimum atomic E-state index is -0.482. The predicted octanol–water partition coefficient (Wildman–Crippen LogP) is 5.57. The molecule has 0 amide bonds. The van der Waals surface area contributed by atoms with Crippen molar-refractivity contribution in [2.45, 2.75) is 0 Å². The Morgan fingerprint density at radius 1 is 1.08 bits per heavy atom. The maximum absolute atomic E-state index is 10.7. The monoisotopic (exact) mass is 350 g/mol. The van der Waals surface area contributed by atoms with Crippen molar-refractivity contribution in [2.24, 2.45) is 0 Å². The Bertz CT molecular complexity index is 981. The van der Waals surface area contributed by atoms with E-state index in [2.05, 4.69) is 6.07 Å². The van der Waals surface area contributed by atoms with Gasteiger partial charge in [0.15, 0.2) is 0 Å². The van der Waals surface area contributed by atoms with Gasteiger partial charge in [0.25, 0.3) is 5.69 Å². The van der Waals surface area contributed by atoms with Crippen molar-refractivity contribution in [1.82, 2.24) is 0 Å². The number of benzene rings is 2. The topological polar surface area (TPSA) is 80.1 Å². The van der Waals surface area contributed by atoms with Crippen molar-refractivity contribution in [2.75, 3.05) is 0 Å². The Labute approximate surface area is 148 Å². The van der Waals surface area contributed by atoms with Gasteiger partial charge in [-0.3, -0.25) is 10.1 Å². The molecule has 0 atom stereocenters. The number of nitriles is 1. The van der Waals surface area contributed by atoms with Gasteiger partial charge < -0.3 is 4.42 Å². The molecule has 0 bridgehead atoms. The summed E-state index contributed by atoms with van der Waals surface area (Å²) in [4.78, 5) is 10.2. The first-order valence-corrected chi connectivity index (χ1v) is 7.67. The number of hydrogen-bond donors (Lipinski definition) is 0. The minimum Gasteiger partial charge on any atom is -0.457 e. The molecule has 0 N–H and O–H groups in total. The molecule has 0 radical (unpaired) electrons. The van der Waals surface area contributed by atoms with Crippen LogP contribution in [0.25, 0.3) is 23.0 Å². The number of halogens is 1. The van der Waals surface area contributed by atoms with E-state index in [-0.39, 0.29) is 5.69 Å². The number of allylic oxidation sites excluding steroid dienone is 1. The molecule has 2 aromatic carbocycles. The van der Waals surface area contributed by atoms with Crippen molar-refractivity contribution in [3.8, 4) is 17.4 Å². The van der Waals surface area contributed by atoms with Crippen molar-refractivity contribution in [3.05, 3.63) is 87.1 Å². The van der Waals surface area contributed by atoms with Crippen LogP contribution in [0.1, 0.15) is 11.3 Å². The summed E-state index contributed by atoms with van der Waals surface area (Å²) in [7, 11) is 0. The molecule has 0 saturated carbocycles. The van der Waals surface area contributed by atoms with Gasteiger partial charge in [-0.25, -0.2) is 0 Å². The van der Waals surface area contributed by atoms with Crippen LogP contribution in [0.3, 0.4) is 0 Å². The van der Waals surface area contributed by atoms with E-state index in [1.54, 1.807) is 30.3 Å². The molecule has 0 saturated heterocycles. The van der Waals surface area contributed by atoms with Crippen LogP contribution in [0, 0.1) is 21.4 Å². The van der Waals surface area contributed by atoms with E-state index in [0.29, 0.717) is 27.7 Å². The highest BCUT2D eigenvalue weighted by molar-refractivity contribution is 6.30. The van der Waals surface area contributed by atoms with Crippen molar-refractivity contribution < 1.29 is 9.34 Å². The number of hydrogen-bond acceptors (Lipinski definition) is 4. The summed E-state index contributed by atoms with van der Waals surface area (Å²) in [5.41, 5.74) is 1.78. The Balaban J connectivity index is 1.89. The van der Waals surface area contributed by atoms with Crippen LogP contribution >= 0.6 is 11.6 Å². The van der Waals surface area contributed by atoms with Gasteiger partial charge in [0.2, 0.25) is 0 Å². The maximum Gasteiger partial charge on any atom is 0.269 e. The van der Waals surface area contributed by atoms with Crippen LogP contribution in [-0.2, 0) is 0 Å². The zero-order valence-corrected chi connectivity index (χ0v) is 13.6. The van der Waals surface area contributed by atoms with Crippen LogP contribution < -0.4 is 0 Å². The Morgan fingerprint density at radius 3 is 2.36 bits per heavy atom. The number of nitrogens with zero attached hydrogens (tertiary/aromatic N) is 2. The third-order valence-electron chi connectivity index (χ3n) is 3.55. The standard InChI is InChI=1S/C19H11ClN2O3/c20-16-5-1-14(2-6-16)19-10-9-18(25-19)11-15(12-21)13-3-7-17(8-4-13)22(23)24/h1-11H/b15-11-. The summed E-state index contributed by atoms with van der Waals surface area (Å²) >= 11 is 5.87. The number of nitro groups is 1. The second-order valence-electron chi connectivity index (χ2n) is 5.18. The lowest BCUT2D eigenvalue weighted by molar-refractivity contribution is -0.384. The van der Waals surface area contributed by atoms with Gasteiger partial charge in [0.05, 0.1) is 16.6 Å². The Morgan fingerprint density at radius 2 is 1.76 bits per heavy atom. The SMILES string of the molecule is N#C/C(=C/c1ccc(-c2ccc(Cl)cc2)o1)c1ccc([N+](=O)[O-])cc1. The van der Waals surface area contributed by atoms with Gasteiger partial charge in [0.1, 0.15) is 11.5 Å². The van der Waals surface area contributed by atoms with E-state index < -0.39 is 4.92 Å². The molecule has 5 nitrogen and oxygen atoms in total. The number of non-ortho nitro benzene ring substituents is 1. The Kier molecular flexibility index (Phi) is 4.64. The summed E-state index contributed by atoms with van der Waals surface area (Å²) in [6.07, 6.45) is 1.60. The maximum atomic E-state index is 10.7. The number of nitro benzene ring substituents is 1. The molecule has 1 heterocycles. The molecule has 0 aliphatic heterocycles. The molecule has 122 valence electrons. The van der Waals surface area contributed by atoms with Gasteiger partial charge in [-0.2, -0.15) is 5.26 Å². The fourth-order valence-electron chi connectivity index (χ4n) is 2.28. The van der Waals surface area contributed by atoms with Gasteiger partial charge in [-0.1, -0.05) is 11.6 Å². The van der Waals surface area contributed by atoms with Crippen LogP contribution in [0.15, 0.2) is 65.1 Å². The summed E-state index contributed by atoms with van der Waals surface area (Å²) < 4.78 is 5.75. The van der Waals surface area contributed by atoms with Crippen molar-refractivity contribution >= 4 is 28.9 Å². The van der Waals surface area contributed by atoms with Crippen LogP contribution in [-0.4, -0.2) is 4.92 Å². The lowest BCUT2D eigenvalue weighted by Crippen LogP contribution is -1.88. The van der Waals surface area contributed by atoms with E-state index in [4.69, 9.17) is 16.0 Å². The Hall–Kier alpha value is -3.36. The lowest BCUT2D eigenvalue weighted by atomic mass is 10.1. The quantitative estimate of drug-likeness (QED) is 0.350. The molecule has 1 aromatic heterocycles. The van der Waals surface area contributed by atoms with Gasteiger partial charge in [-0.05, 0) is 60.2 Å². The van der Waals surface area contributed by atoms with Crippen LogP contribution in [0.5, 0.6) is 0 Å². The summed E-state index contributed by atoms with van der Waals surface area (Å²) in [6, 6.07) is 18.7. The van der Waals surface area contributed by atoms with Crippen molar-refractivity contribution in [3.63, 3.8) is 0 Å².